The Morgan fingerprint density at radius 3 is 2.53 bits per heavy atom. The van der Waals surface area contributed by atoms with E-state index in [-0.39, 0.29) is 17.0 Å². The molecule has 1 N–H and O–H groups in total. The average molecular weight is 445 g/mol. The number of barbiturate groups is 1. The highest BCUT2D eigenvalue weighted by Crippen LogP contribution is 2.32. The van der Waals surface area contributed by atoms with Gasteiger partial charge in [-0.15, -0.1) is 0 Å². The van der Waals surface area contributed by atoms with Crippen molar-refractivity contribution in [1.29, 1.82) is 0 Å². The molecule has 1 saturated heterocycles. The lowest BCUT2D eigenvalue weighted by Gasteiger charge is -2.26. The van der Waals surface area contributed by atoms with Crippen LogP contribution in [-0.4, -0.2) is 17.8 Å². The quantitative estimate of drug-likeness (QED) is 0.452. The lowest BCUT2D eigenvalue weighted by molar-refractivity contribution is -0.122. The molecule has 4 amide bonds. The summed E-state index contributed by atoms with van der Waals surface area (Å²) in [6.45, 7) is 0. The Morgan fingerprint density at radius 1 is 1.00 bits per heavy atom. The summed E-state index contributed by atoms with van der Waals surface area (Å²) < 4.78 is 19.2. The zero-order valence-corrected chi connectivity index (χ0v) is 16.5. The number of anilines is 1. The molecule has 4 rings (SSSR count). The van der Waals surface area contributed by atoms with Crippen LogP contribution >= 0.6 is 23.2 Å². The molecule has 1 aliphatic rings. The van der Waals surface area contributed by atoms with E-state index in [0.29, 0.717) is 26.3 Å². The van der Waals surface area contributed by atoms with Crippen molar-refractivity contribution in [1.82, 2.24) is 5.32 Å². The molecule has 150 valence electrons. The third-order valence-corrected chi connectivity index (χ3v) is 4.83. The predicted octanol–water partition coefficient (Wildman–Crippen LogP) is 5.06. The van der Waals surface area contributed by atoms with Gasteiger partial charge in [0.15, 0.2) is 0 Å². The molecule has 0 unspecified atom stereocenters. The molecule has 2 heterocycles. The number of furan rings is 1. The van der Waals surface area contributed by atoms with Crippen LogP contribution in [0.1, 0.15) is 5.76 Å². The van der Waals surface area contributed by atoms with Crippen molar-refractivity contribution >= 4 is 52.8 Å². The molecule has 3 aromatic rings. The molecule has 0 saturated carbocycles. The summed E-state index contributed by atoms with van der Waals surface area (Å²) in [7, 11) is 0. The van der Waals surface area contributed by atoms with Crippen molar-refractivity contribution in [2.75, 3.05) is 4.90 Å². The Kier molecular flexibility index (Phi) is 5.15. The monoisotopic (exact) mass is 444 g/mol. The maximum absolute atomic E-state index is 13.5. The number of carbonyl (C=O) groups excluding carboxylic acids is 3. The number of benzene rings is 2. The summed E-state index contributed by atoms with van der Waals surface area (Å²) >= 11 is 12.1. The molecular weight excluding hydrogens is 434 g/mol. The van der Waals surface area contributed by atoms with Gasteiger partial charge in [-0.2, -0.15) is 0 Å². The highest BCUT2D eigenvalue weighted by Gasteiger charge is 2.37. The van der Waals surface area contributed by atoms with Crippen molar-refractivity contribution in [3.8, 4) is 11.3 Å². The second-order valence-electron chi connectivity index (χ2n) is 6.26. The van der Waals surface area contributed by atoms with Crippen LogP contribution in [0.3, 0.4) is 0 Å². The van der Waals surface area contributed by atoms with E-state index >= 15 is 0 Å². The minimum absolute atomic E-state index is 0.0102. The Morgan fingerprint density at radius 2 is 1.80 bits per heavy atom. The largest absolute Gasteiger partial charge is 0.457 e. The van der Waals surface area contributed by atoms with E-state index in [4.69, 9.17) is 27.6 Å². The summed E-state index contributed by atoms with van der Waals surface area (Å²) in [6, 6.07) is 12.0. The van der Waals surface area contributed by atoms with Gasteiger partial charge < -0.3 is 4.42 Å². The number of halogens is 3. The highest BCUT2D eigenvalue weighted by molar-refractivity contribution is 6.39. The van der Waals surface area contributed by atoms with Crippen LogP contribution in [0.4, 0.5) is 14.9 Å². The third-order valence-electron chi connectivity index (χ3n) is 4.28. The topological polar surface area (TPSA) is 79.6 Å². The summed E-state index contributed by atoms with van der Waals surface area (Å²) in [5.74, 6) is -1.85. The van der Waals surface area contributed by atoms with E-state index in [2.05, 4.69) is 5.32 Å². The number of hydrogen-bond donors (Lipinski definition) is 1. The van der Waals surface area contributed by atoms with Crippen LogP contribution in [0.2, 0.25) is 10.0 Å². The number of imide groups is 2. The van der Waals surface area contributed by atoms with Crippen molar-refractivity contribution < 1.29 is 23.2 Å². The van der Waals surface area contributed by atoms with Crippen molar-refractivity contribution in [2.45, 2.75) is 0 Å². The Balaban J connectivity index is 1.69. The first-order valence-corrected chi connectivity index (χ1v) is 9.31. The minimum Gasteiger partial charge on any atom is -0.457 e. The average Bonchev–Trinajstić information content (AvgIpc) is 3.13. The van der Waals surface area contributed by atoms with Crippen LogP contribution in [0.25, 0.3) is 17.4 Å². The lowest BCUT2D eigenvalue weighted by atomic mass is 10.1. The van der Waals surface area contributed by atoms with E-state index in [9.17, 15) is 18.8 Å². The number of rotatable bonds is 3. The summed E-state index contributed by atoms with van der Waals surface area (Å²) in [5.41, 5.74) is 0.215. The van der Waals surface area contributed by atoms with E-state index in [0.717, 1.165) is 6.07 Å². The fourth-order valence-corrected chi connectivity index (χ4v) is 3.42. The number of hydrogen-bond acceptors (Lipinski definition) is 4. The number of urea groups is 1. The van der Waals surface area contributed by atoms with Gasteiger partial charge in [0.1, 0.15) is 22.9 Å². The minimum atomic E-state index is -0.971. The molecule has 6 nitrogen and oxygen atoms in total. The van der Waals surface area contributed by atoms with Crippen LogP contribution < -0.4 is 10.2 Å². The third kappa shape index (κ3) is 3.72. The summed E-state index contributed by atoms with van der Waals surface area (Å²) in [4.78, 5) is 37.9. The molecule has 1 aromatic heterocycles. The molecule has 0 spiro atoms. The van der Waals surface area contributed by atoms with Gasteiger partial charge in [0.2, 0.25) is 0 Å². The standard InChI is InChI=1S/C21H11Cl2FN2O4/c22-11-4-6-15(17(23)8-11)18-7-5-14(30-18)10-16-19(27)25-21(29)26(20(16)28)13-3-1-2-12(24)9-13/h1-10H,(H,25,27,29)/b16-10-. The number of amides is 4. The molecule has 0 atom stereocenters. The van der Waals surface area contributed by atoms with Gasteiger partial charge in [-0.1, -0.05) is 29.3 Å². The van der Waals surface area contributed by atoms with Crippen LogP contribution in [0, 0.1) is 5.82 Å². The Hall–Kier alpha value is -3.42. The zero-order chi connectivity index (χ0) is 21.4. The number of nitrogens with one attached hydrogen (secondary N) is 1. The van der Waals surface area contributed by atoms with E-state index < -0.39 is 23.7 Å². The normalized spacial score (nSPS) is 15.6. The Labute approximate surface area is 179 Å². The first-order chi connectivity index (χ1) is 14.3. The molecular formula is C21H11Cl2FN2O4. The predicted molar refractivity (Wildman–Crippen MR) is 110 cm³/mol. The number of nitrogens with zero attached hydrogens (tertiary/aromatic N) is 1. The van der Waals surface area contributed by atoms with Crippen molar-refractivity contribution in [3.63, 3.8) is 0 Å². The molecule has 1 aliphatic heterocycles. The van der Waals surface area contributed by atoms with Gasteiger partial charge >= 0.3 is 6.03 Å². The van der Waals surface area contributed by atoms with Crippen LogP contribution in [0.15, 0.2) is 64.6 Å². The Bertz CT molecular complexity index is 1240. The van der Waals surface area contributed by atoms with E-state index in [1.807, 2.05) is 0 Å². The highest BCUT2D eigenvalue weighted by atomic mass is 35.5. The SMILES string of the molecule is O=C1NC(=O)N(c2cccc(F)c2)C(=O)/C1=C\c1ccc(-c2ccc(Cl)cc2Cl)o1. The van der Waals surface area contributed by atoms with E-state index in [1.165, 1.54) is 30.3 Å². The van der Waals surface area contributed by atoms with Gasteiger partial charge in [-0.05, 0) is 54.6 Å². The second kappa shape index (κ2) is 7.78. The first kappa shape index (κ1) is 19.9. The van der Waals surface area contributed by atoms with Gasteiger partial charge in [0, 0.05) is 10.6 Å². The molecule has 0 radical (unpaired) electrons. The maximum Gasteiger partial charge on any atom is 0.335 e. The maximum atomic E-state index is 13.5. The zero-order valence-electron chi connectivity index (χ0n) is 15.0. The molecule has 1 fully saturated rings. The second-order valence-corrected chi connectivity index (χ2v) is 7.11. The van der Waals surface area contributed by atoms with Crippen molar-refractivity contribution in [3.05, 3.63) is 81.8 Å². The van der Waals surface area contributed by atoms with Crippen LogP contribution in [-0.2, 0) is 9.59 Å². The van der Waals surface area contributed by atoms with Gasteiger partial charge in [0.05, 0.1) is 10.7 Å². The molecule has 0 bridgehead atoms. The van der Waals surface area contributed by atoms with Gasteiger partial charge in [0.25, 0.3) is 11.8 Å². The van der Waals surface area contributed by atoms with Crippen LogP contribution in [0.5, 0.6) is 0 Å². The lowest BCUT2D eigenvalue weighted by Crippen LogP contribution is -2.54. The molecule has 9 heteroatoms. The van der Waals surface area contributed by atoms with Gasteiger partial charge in [-0.3, -0.25) is 14.9 Å². The molecule has 0 aliphatic carbocycles. The summed E-state index contributed by atoms with van der Waals surface area (Å²) in [6.07, 6.45) is 1.20. The summed E-state index contributed by atoms with van der Waals surface area (Å²) in [5, 5.41) is 2.89. The fourth-order valence-electron chi connectivity index (χ4n) is 2.91. The fraction of sp³-hybridized carbons (Fsp3) is 0. The van der Waals surface area contributed by atoms with Crippen molar-refractivity contribution in [2.24, 2.45) is 0 Å². The smallest absolute Gasteiger partial charge is 0.335 e. The first-order valence-electron chi connectivity index (χ1n) is 8.56. The van der Waals surface area contributed by atoms with Gasteiger partial charge in [-0.25, -0.2) is 14.1 Å². The van der Waals surface area contributed by atoms with E-state index in [1.54, 1.807) is 24.3 Å². The molecule has 2 aromatic carbocycles. The number of carbonyl (C=O) groups is 3. The molecule has 30 heavy (non-hydrogen) atoms.